The van der Waals surface area contributed by atoms with Crippen LogP contribution in [0.1, 0.15) is 18.4 Å². The number of carbonyl (C=O) groups excluding carboxylic acids is 4. The average molecular weight is 410 g/mol. The lowest BCUT2D eigenvalue weighted by Crippen LogP contribution is -2.50. The number of nitrogens with zero attached hydrogens (tertiary/aromatic N) is 2. The Morgan fingerprint density at radius 1 is 1.07 bits per heavy atom. The number of hydrogen-bond donors (Lipinski definition) is 2. The second-order valence-corrected chi connectivity index (χ2v) is 6.73. The van der Waals surface area contributed by atoms with E-state index in [1.807, 2.05) is 30.3 Å². The highest BCUT2D eigenvalue weighted by Gasteiger charge is 2.47. The van der Waals surface area contributed by atoms with Crippen molar-refractivity contribution in [3.05, 3.63) is 60.2 Å². The third-order valence-electron chi connectivity index (χ3n) is 4.67. The van der Waals surface area contributed by atoms with Gasteiger partial charge < -0.3 is 10.5 Å². The van der Waals surface area contributed by atoms with Gasteiger partial charge >= 0.3 is 6.03 Å². The molecule has 1 heterocycles. The molecule has 0 aliphatic carbocycles. The van der Waals surface area contributed by atoms with Gasteiger partial charge in [-0.2, -0.15) is 0 Å². The topological polar surface area (TPSA) is 122 Å². The number of nitrogens with one attached hydrogen (secondary N) is 1. The second-order valence-electron chi connectivity index (χ2n) is 6.73. The van der Waals surface area contributed by atoms with Crippen LogP contribution in [0.25, 0.3) is 0 Å². The summed E-state index contributed by atoms with van der Waals surface area (Å²) in [5, 5.41) is 0.880. The van der Waals surface area contributed by atoms with Crippen LogP contribution in [0.5, 0.6) is 5.75 Å². The van der Waals surface area contributed by atoms with E-state index in [1.165, 1.54) is 19.2 Å². The van der Waals surface area contributed by atoms with Gasteiger partial charge in [-0.25, -0.2) is 14.7 Å². The number of hydrazine groups is 1. The van der Waals surface area contributed by atoms with E-state index in [0.29, 0.717) is 17.9 Å². The van der Waals surface area contributed by atoms with E-state index in [1.54, 1.807) is 12.1 Å². The number of carbonyl (C=O) groups is 4. The number of primary amides is 1. The molecule has 1 atom stereocenters. The summed E-state index contributed by atoms with van der Waals surface area (Å²) in [7, 11) is 1.50. The molecule has 5 amide bonds. The molecule has 9 heteroatoms. The highest BCUT2D eigenvalue weighted by Crippen LogP contribution is 2.27. The fourth-order valence-electron chi connectivity index (χ4n) is 3.15. The highest BCUT2D eigenvalue weighted by atomic mass is 16.5. The maximum absolute atomic E-state index is 12.9. The molecule has 156 valence electrons. The molecule has 2 aromatic rings. The fourth-order valence-corrected chi connectivity index (χ4v) is 3.15. The summed E-state index contributed by atoms with van der Waals surface area (Å²) < 4.78 is 5.08. The predicted molar refractivity (Wildman–Crippen MR) is 108 cm³/mol. The number of aryl methyl sites for hydroxylation is 1. The molecule has 0 aromatic heterocycles. The minimum absolute atomic E-state index is 0.105. The molecule has 0 spiro atoms. The van der Waals surface area contributed by atoms with Crippen LogP contribution in [0, 0.1) is 0 Å². The normalized spacial score (nSPS) is 16.0. The summed E-state index contributed by atoms with van der Waals surface area (Å²) in [6, 6.07) is 13.7. The van der Waals surface area contributed by atoms with Crippen molar-refractivity contribution in [2.45, 2.75) is 25.3 Å². The first-order chi connectivity index (χ1) is 14.4. The summed E-state index contributed by atoms with van der Waals surface area (Å²) in [6.45, 7) is 0. The number of urea groups is 1. The van der Waals surface area contributed by atoms with E-state index in [-0.39, 0.29) is 6.42 Å². The minimum atomic E-state index is -1.21. The summed E-state index contributed by atoms with van der Waals surface area (Å²) >= 11 is 0. The third-order valence-corrected chi connectivity index (χ3v) is 4.67. The van der Waals surface area contributed by atoms with Crippen molar-refractivity contribution >= 4 is 29.4 Å². The van der Waals surface area contributed by atoms with Gasteiger partial charge in [0.05, 0.1) is 19.2 Å². The van der Waals surface area contributed by atoms with Gasteiger partial charge in [-0.1, -0.05) is 30.3 Å². The van der Waals surface area contributed by atoms with Gasteiger partial charge in [0.15, 0.2) is 0 Å². The van der Waals surface area contributed by atoms with Gasteiger partial charge in [-0.3, -0.25) is 19.8 Å². The SMILES string of the molecule is COc1ccc(N2C(=O)[C@H](CC(N)=O)N(NC(=O)CCc3ccccc3)C2=O)cc1. The van der Waals surface area contributed by atoms with Crippen LogP contribution >= 0.6 is 0 Å². The molecule has 30 heavy (non-hydrogen) atoms. The Bertz CT molecular complexity index is 946. The summed E-state index contributed by atoms with van der Waals surface area (Å²) in [4.78, 5) is 50.5. The maximum Gasteiger partial charge on any atom is 0.350 e. The van der Waals surface area contributed by atoms with Crippen LogP contribution in [-0.2, 0) is 20.8 Å². The first-order valence-electron chi connectivity index (χ1n) is 9.33. The summed E-state index contributed by atoms with van der Waals surface area (Å²) in [5.41, 5.74) is 8.97. The van der Waals surface area contributed by atoms with Gasteiger partial charge in [-0.05, 0) is 36.2 Å². The molecule has 0 saturated carbocycles. The predicted octanol–water partition coefficient (Wildman–Crippen LogP) is 1.37. The lowest BCUT2D eigenvalue weighted by Gasteiger charge is -2.21. The van der Waals surface area contributed by atoms with Crippen LogP contribution in [0.4, 0.5) is 10.5 Å². The van der Waals surface area contributed by atoms with Crippen molar-refractivity contribution in [1.29, 1.82) is 0 Å². The molecule has 3 N–H and O–H groups in total. The van der Waals surface area contributed by atoms with Crippen molar-refractivity contribution in [3.63, 3.8) is 0 Å². The first kappa shape index (κ1) is 20.8. The van der Waals surface area contributed by atoms with E-state index >= 15 is 0 Å². The van der Waals surface area contributed by atoms with Gasteiger partial charge in [0.25, 0.3) is 5.91 Å². The summed E-state index contributed by atoms with van der Waals surface area (Å²) in [5.74, 6) is -1.31. The molecule has 1 aliphatic heterocycles. The maximum atomic E-state index is 12.9. The zero-order valence-electron chi connectivity index (χ0n) is 16.4. The third kappa shape index (κ3) is 4.57. The van der Waals surface area contributed by atoms with Crippen molar-refractivity contribution in [1.82, 2.24) is 10.4 Å². The lowest BCUT2D eigenvalue weighted by atomic mass is 10.1. The minimum Gasteiger partial charge on any atom is -0.497 e. The number of ether oxygens (including phenoxy) is 1. The van der Waals surface area contributed by atoms with E-state index < -0.39 is 36.2 Å². The number of rotatable bonds is 8. The van der Waals surface area contributed by atoms with Crippen molar-refractivity contribution < 1.29 is 23.9 Å². The molecule has 0 unspecified atom stereocenters. The molecular weight excluding hydrogens is 388 g/mol. The molecule has 1 saturated heterocycles. The van der Waals surface area contributed by atoms with Crippen LogP contribution in [-0.4, -0.2) is 41.9 Å². The van der Waals surface area contributed by atoms with E-state index in [2.05, 4.69) is 5.43 Å². The Morgan fingerprint density at radius 3 is 2.33 bits per heavy atom. The quantitative estimate of drug-likeness (QED) is 0.637. The Hall–Kier alpha value is -3.88. The number of anilines is 1. The zero-order valence-corrected chi connectivity index (χ0v) is 16.4. The number of methoxy groups -OCH3 is 1. The van der Waals surface area contributed by atoms with Crippen LogP contribution in [0.15, 0.2) is 54.6 Å². The number of imide groups is 1. The Kier molecular flexibility index (Phi) is 6.31. The Labute approximate surface area is 173 Å². The first-order valence-corrected chi connectivity index (χ1v) is 9.33. The van der Waals surface area contributed by atoms with E-state index in [9.17, 15) is 19.2 Å². The molecule has 9 nitrogen and oxygen atoms in total. The Balaban J connectivity index is 1.76. The van der Waals surface area contributed by atoms with Crippen molar-refractivity contribution in [2.75, 3.05) is 12.0 Å². The molecule has 0 radical (unpaired) electrons. The summed E-state index contributed by atoms with van der Waals surface area (Å²) in [6.07, 6.45) is 0.162. The number of hydrogen-bond acceptors (Lipinski definition) is 5. The van der Waals surface area contributed by atoms with Crippen LogP contribution < -0.4 is 20.8 Å². The number of amides is 5. The monoisotopic (exact) mass is 410 g/mol. The lowest BCUT2D eigenvalue weighted by molar-refractivity contribution is -0.130. The van der Waals surface area contributed by atoms with Crippen molar-refractivity contribution in [2.24, 2.45) is 5.73 Å². The van der Waals surface area contributed by atoms with Crippen LogP contribution in [0.3, 0.4) is 0 Å². The van der Waals surface area contributed by atoms with E-state index in [4.69, 9.17) is 10.5 Å². The second kappa shape index (κ2) is 9.08. The van der Waals surface area contributed by atoms with E-state index in [0.717, 1.165) is 15.5 Å². The van der Waals surface area contributed by atoms with Gasteiger partial charge in [0.1, 0.15) is 11.8 Å². The fraction of sp³-hybridized carbons (Fsp3) is 0.238. The molecule has 2 aromatic carbocycles. The highest BCUT2D eigenvalue weighted by molar-refractivity contribution is 6.22. The average Bonchev–Trinajstić information content (AvgIpc) is 2.96. The number of benzene rings is 2. The molecule has 1 aliphatic rings. The standard InChI is InChI=1S/C21H22N4O5/c1-30-16-10-8-15(9-11-16)24-20(28)17(13-18(22)26)25(21(24)29)23-19(27)12-7-14-5-3-2-4-6-14/h2-6,8-11,17H,7,12-13H2,1H3,(H2,22,26)(H,23,27)/t17-/m0/s1. The van der Waals surface area contributed by atoms with Crippen molar-refractivity contribution in [3.8, 4) is 5.75 Å². The van der Waals surface area contributed by atoms with Gasteiger partial charge in [0, 0.05) is 6.42 Å². The Morgan fingerprint density at radius 2 is 1.73 bits per heavy atom. The molecule has 1 fully saturated rings. The largest absolute Gasteiger partial charge is 0.497 e. The van der Waals surface area contributed by atoms with Gasteiger partial charge in [0.2, 0.25) is 11.8 Å². The van der Waals surface area contributed by atoms with Crippen LogP contribution in [0.2, 0.25) is 0 Å². The zero-order chi connectivity index (χ0) is 21.7. The molecular formula is C21H22N4O5. The smallest absolute Gasteiger partial charge is 0.350 e. The van der Waals surface area contributed by atoms with Gasteiger partial charge in [-0.15, -0.1) is 0 Å². The molecule has 0 bridgehead atoms. The number of nitrogens with two attached hydrogens (primary N) is 1. The molecule has 3 rings (SSSR count).